The Morgan fingerprint density at radius 2 is 1.74 bits per heavy atom. The SMILES string of the molecule is Cc1cc(C(=O)c2ccc3c(c2)CNC3)ccc1F. The summed E-state index contributed by atoms with van der Waals surface area (Å²) < 4.78 is 13.2. The van der Waals surface area contributed by atoms with E-state index in [4.69, 9.17) is 0 Å². The van der Waals surface area contributed by atoms with E-state index < -0.39 is 0 Å². The zero-order valence-corrected chi connectivity index (χ0v) is 10.7. The van der Waals surface area contributed by atoms with Gasteiger partial charge in [-0.05, 0) is 47.9 Å². The van der Waals surface area contributed by atoms with Crippen LogP contribution >= 0.6 is 0 Å². The monoisotopic (exact) mass is 255 g/mol. The summed E-state index contributed by atoms with van der Waals surface area (Å²) in [5, 5.41) is 3.25. The van der Waals surface area contributed by atoms with Crippen LogP contribution in [0.3, 0.4) is 0 Å². The number of rotatable bonds is 2. The Hall–Kier alpha value is -2.00. The third kappa shape index (κ3) is 2.17. The van der Waals surface area contributed by atoms with E-state index in [0.29, 0.717) is 16.7 Å². The summed E-state index contributed by atoms with van der Waals surface area (Å²) >= 11 is 0. The van der Waals surface area contributed by atoms with Crippen LogP contribution in [0.15, 0.2) is 36.4 Å². The Morgan fingerprint density at radius 3 is 2.53 bits per heavy atom. The third-order valence-corrected chi connectivity index (χ3v) is 3.52. The summed E-state index contributed by atoms with van der Waals surface area (Å²) in [6.07, 6.45) is 0. The first-order valence-corrected chi connectivity index (χ1v) is 6.28. The van der Waals surface area contributed by atoms with E-state index in [2.05, 4.69) is 5.32 Å². The summed E-state index contributed by atoms with van der Waals surface area (Å²) in [6.45, 7) is 3.33. The summed E-state index contributed by atoms with van der Waals surface area (Å²) in [5.41, 5.74) is 4.10. The lowest BCUT2D eigenvalue weighted by Crippen LogP contribution is -2.03. The normalized spacial score (nSPS) is 13.4. The molecule has 1 heterocycles. The number of benzene rings is 2. The van der Waals surface area contributed by atoms with Crippen LogP contribution in [0.5, 0.6) is 0 Å². The van der Waals surface area contributed by atoms with E-state index in [-0.39, 0.29) is 11.6 Å². The largest absolute Gasteiger partial charge is 0.309 e. The quantitative estimate of drug-likeness (QED) is 0.836. The topological polar surface area (TPSA) is 29.1 Å². The first-order valence-electron chi connectivity index (χ1n) is 6.28. The molecule has 2 aromatic rings. The van der Waals surface area contributed by atoms with Crippen LogP contribution in [-0.2, 0) is 13.1 Å². The van der Waals surface area contributed by atoms with Gasteiger partial charge in [0, 0.05) is 24.2 Å². The molecular formula is C16H14FNO. The molecule has 2 nitrogen and oxygen atoms in total. The smallest absolute Gasteiger partial charge is 0.193 e. The molecule has 19 heavy (non-hydrogen) atoms. The number of aryl methyl sites for hydroxylation is 1. The number of ketones is 1. The predicted octanol–water partition coefficient (Wildman–Crippen LogP) is 2.97. The second-order valence-electron chi connectivity index (χ2n) is 4.88. The molecule has 1 N–H and O–H groups in total. The average Bonchev–Trinajstić information content (AvgIpc) is 2.88. The Bertz CT molecular complexity index is 664. The van der Waals surface area contributed by atoms with E-state index >= 15 is 0 Å². The minimum atomic E-state index is -0.283. The van der Waals surface area contributed by atoms with Gasteiger partial charge in [0.1, 0.15) is 5.82 Å². The van der Waals surface area contributed by atoms with Gasteiger partial charge < -0.3 is 5.32 Å². The van der Waals surface area contributed by atoms with Crippen molar-refractivity contribution in [3.63, 3.8) is 0 Å². The molecule has 96 valence electrons. The van der Waals surface area contributed by atoms with Gasteiger partial charge in [0.25, 0.3) is 0 Å². The molecule has 0 aromatic heterocycles. The van der Waals surface area contributed by atoms with Crippen molar-refractivity contribution in [3.05, 3.63) is 70.0 Å². The molecule has 0 bridgehead atoms. The molecule has 1 aliphatic rings. The van der Waals surface area contributed by atoms with Gasteiger partial charge in [0.15, 0.2) is 5.78 Å². The minimum Gasteiger partial charge on any atom is -0.309 e. The molecule has 2 aromatic carbocycles. The molecule has 3 heteroatoms. The summed E-state index contributed by atoms with van der Waals surface area (Å²) in [7, 11) is 0. The molecule has 0 saturated carbocycles. The van der Waals surface area contributed by atoms with Crippen molar-refractivity contribution >= 4 is 5.78 Å². The molecule has 0 fully saturated rings. The van der Waals surface area contributed by atoms with E-state index in [9.17, 15) is 9.18 Å². The molecule has 0 saturated heterocycles. The predicted molar refractivity (Wildman–Crippen MR) is 71.6 cm³/mol. The summed E-state index contributed by atoms with van der Waals surface area (Å²) in [4.78, 5) is 12.4. The van der Waals surface area contributed by atoms with Crippen LogP contribution in [0, 0.1) is 12.7 Å². The van der Waals surface area contributed by atoms with E-state index in [1.807, 2.05) is 18.2 Å². The maximum absolute atomic E-state index is 13.2. The maximum atomic E-state index is 13.2. The van der Waals surface area contributed by atoms with E-state index in [1.165, 1.54) is 23.3 Å². The van der Waals surface area contributed by atoms with Crippen molar-refractivity contribution < 1.29 is 9.18 Å². The molecular weight excluding hydrogens is 241 g/mol. The molecule has 0 spiro atoms. The fourth-order valence-corrected chi connectivity index (χ4v) is 2.39. The third-order valence-electron chi connectivity index (χ3n) is 3.52. The Morgan fingerprint density at radius 1 is 1.05 bits per heavy atom. The van der Waals surface area contributed by atoms with Crippen molar-refractivity contribution in [1.29, 1.82) is 0 Å². The van der Waals surface area contributed by atoms with Crippen LogP contribution < -0.4 is 5.32 Å². The minimum absolute atomic E-state index is 0.0576. The number of hydrogen-bond acceptors (Lipinski definition) is 2. The molecule has 0 amide bonds. The average molecular weight is 255 g/mol. The standard InChI is InChI=1S/C16H14FNO/c1-10-6-11(4-5-15(10)17)16(19)12-2-3-13-8-18-9-14(13)7-12/h2-7,18H,8-9H2,1H3. The lowest BCUT2D eigenvalue weighted by Gasteiger charge is -2.05. The Balaban J connectivity index is 1.97. The zero-order valence-electron chi connectivity index (χ0n) is 10.7. The van der Waals surface area contributed by atoms with Gasteiger partial charge in [-0.2, -0.15) is 0 Å². The van der Waals surface area contributed by atoms with Gasteiger partial charge in [-0.3, -0.25) is 4.79 Å². The van der Waals surface area contributed by atoms with Crippen LogP contribution in [0.4, 0.5) is 4.39 Å². The molecule has 0 radical (unpaired) electrons. The van der Waals surface area contributed by atoms with E-state index in [1.54, 1.807) is 13.0 Å². The zero-order chi connectivity index (χ0) is 13.4. The van der Waals surface area contributed by atoms with Crippen LogP contribution in [0.1, 0.15) is 32.6 Å². The van der Waals surface area contributed by atoms with Crippen molar-refractivity contribution in [2.24, 2.45) is 0 Å². The van der Waals surface area contributed by atoms with Crippen molar-refractivity contribution in [1.82, 2.24) is 5.32 Å². The van der Waals surface area contributed by atoms with Crippen LogP contribution in [-0.4, -0.2) is 5.78 Å². The highest BCUT2D eigenvalue weighted by atomic mass is 19.1. The first kappa shape index (κ1) is 12.1. The fourth-order valence-electron chi connectivity index (χ4n) is 2.39. The number of carbonyl (C=O) groups excluding carboxylic acids is 1. The number of halogens is 1. The van der Waals surface area contributed by atoms with E-state index in [0.717, 1.165) is 13.1 Å². The summed E-state index contributed by atoms with van der Waals surface area (Å²) in [5.74, 6) is -0.340. The van der Waals surface area contributed by atoms with Gasteiger partial charge in [0.05, 0.1) is 0 Å². The Labute approximate surface area is 111 Å². The lowest BCUT2D eigenvalue weighted by atomic mass is 9.98. The number of carbonyl (C=O) groups is 1. The number of nitrogens with one attached hydrogen (secondary N) is 1. The molecule has 3 rings (SSSR count). The van der Waals surface area contributed by atoms with Gasteiger partial charge in [-0.25, -0.2) is 4.39 Å². The van der Waals surface area contributed by atoms with Crippen molar-refractivity contribution in [2.75, 3.05) is 0 Å². The highest BCUT2D eigenvalue weighted by Crippen LogP contribution is 2.20. The second-order valence-corrected chi connectivity index (χ2v) is 4.88. The molecule has 0 atom stereocenters. The maximum Gasteiger partial charge on any atom is 0.193 e. The molecule has 0 aliphatic carbocycles. The van der Waals surface area contributed by atoms with Crippen molar-refractivity contribution in [2.45, 2.75) is 20.0 Å². The Kier molecular flexibility index (Phi) is 2.91. The second kappa shape index (κ2) is 4.59. The number of fused-ring (bicyclic) bond motifs is 1. The van der Waals surface area contributed by atoms with Gasteiger partial charge in [-0.15, -0.1) is 0 Å². The number of hydrogen-bond donors (Lipinski definition) is 1. The lowest BCUT2D eigenvalue weighted by molar-refractivity contribution is 0.103. The highest BCUT2D eigenvalue weighted by Gasteiger charge is 2.15. The summed E-state index contributed by atoms with van der Waals surface area (Å²) in [6, 6.07) is 10.2. The van der Waals surface area contributed by atoms with Crippen LogP contribution in [0.25, 0.3) is 0 Å². The highest BCUT2D eigenvalue weighted by molar-refractivity contribution is 6.09. The van der Waals surface area contributed by atoms with Gasteiger partial charge in [0.2, 0.25) is 0 Å². The molecule has 0 unspecified atom stereocenters. The van der Waals surface area contributed by atoms with Gasteiger partial charge >= 0.3 is 0 Å². The first-order chi connectivity index (χ1) is 9.15. The van der Waals surface area contributed by atoms with Crippen molar-refractivity contribution in [3.8, 4) is 0 Å². The van der Waals surface area contributed by atoms with Crippen LogP contribution in [0.2, 0.25) is 0 Å². The fraction of sp³-hybridized carbons (Fsp3) is 0.188. The van der Waals surface area contributed by atoms with Gasteiger partial charge in [-0.1, -0.05) is 12.1 Å². The molecule has 1 aliphatic heterocycles.